The number of benzene rings is 2. The van der Waals surface area contributed by atoms with E-state index < -0.39 is 17.4 Å². The lowest BCUT2D eigenvalue weighted by atomic mass is 10.1. The zero-order valence-electron chi connectivity index (χ0n) is 18.3. The lowest BCUT2D eigenvalue weighted by Crippen LogP contribution is -2.42. The van der Waals surface area contributed by atoms with Crippen LogP contribution < -0.4 is 16.6 Å². The molecule has 0 fully saturated rings. The average molecular weight is 459 g/mol. The van der Waals surface area contributed by atoms with Crippen molar-refractivity contribution < 1.29 is 9.90 Å². The van der Waals surface area contributed by atoms with Crippen molar-refractivity contribution in [2.45, 2.75) is 39.8 Å². The first-order valence-electron chi connectivity index (χ1n) is 10.4. The number of nitrogens with one attached hydrogen (secondary N) is 1. The molecule has 170 valence electrons. The first-order valence-corrected chi connectivity index (χ1v) is 10.7. The molecule has 1 amide bonds. The fourth-order valence-corrected chi connectivity index (χ4v) is 3.13. The molecule has 1 aromatic heterocycles. The van der Waals surface area contributed by atoms with Crippen LogP contribution >= 0.6 is 11.6 Å². The van der Waals surface area contributed by atoms with E-state index in [-0.39, 0.29) is 28.7 Å². The third-order valence-electron chi connectivity index (χ3n) is 4.39. The van der Waals surface area contributed by atoms with Crippen LogP contribution in [0.15, 0.2) is 64.3 Å². The van der Waals surface area contributed by atoms with E-state index in [2.05, 4.69) is 10.4 Å². The summed E-state index contributed by atoms with van der Waals surface area (Å²) in [4.78, 5) is 37.2. The topological polar surface area (TPSA) is 106 Å². The Hall–Kier alpha value is -3.23. The average Bonchev–Trinajstić information content (AvgIpc) is 2.79. The van der Waals surface area contributed by atoms with Crippen molar-refractivity contribution in [3.8, 4) is 5.69 Å². The molecule has 0 aliphatic heterocycles. The van der Waals surface area contributed by atoms with Crippen molar-refractivity contribution in [1.29, 1.82) is 0 Å². The van der Waals surface area contributed by atoms with Gasteiger partial charge < -0.3 is 10.4 Å². The zero-order chi connectivity index (χ0) is 23.7. The van der Waals surface area contributed by atoms with Crippen LogP contribution in [-0.4, -0.2) is 38.0 Å². The predicted molar refractivity (Wildman–Crippen MR) is 125 cm³/mol. The molecule has 3 aromatic rings. The number of rotatable bonds is 7. The molecular weight excluding hydrogens is 432 g/mol. The molecule has 1 heterocycles. The maximum atomic E-state index is 12.6. The van der Waals surface area contributed by atoms with Crippen molar-refractivity contribution in [3.05, 3.63) is 91.7 Å². The highest BCUT2D eigenvalue weighted by atomic mass is 35.5. The monoisotopic (exact) mass is 458 g/mol. The molecular formula is C23H27ClN4O4. The van der Waals surface area contributed by atoms with Crippen molar-refractivity contribution in [2.24, 2.45) is 0 Å². The highest BCUT2D eigenvalue weighted by Crippen LogP contribution is 2.19. The summed E-state index contributed by atoms with van der Waals surface area (Å²) in [5.41, 5.74) is 0.209. The van der Waals surface area contributed by atoms with Gasteiger partial charge in [-0.1, -0.05) is 55.8 Å². The standard InChI is InChI=1S/C21H21ClN4O4.C2H6/c1-14(27)13-25-19(28)12-24-26(21(25)30)16-7-8-18(22)17(11-16)20(29)23-10-9-15-5-3-2-4-6-15;1-2/h2-8,11-12,14,27H,9-10,13H2,1H3,(H,23,29);1-2H3. The maximum Gasteiger partial charge on any atom is 0.352 e. The summed E-state index contributed by atoms with van der Waals surface area (Å²) in [7, 11) is 0. The van der Waals surface area contributed by atoms with Gasteiger partial charge in [-0.05, 0) is 37.1 Å². The van der Waals surface area contributed by atoms with E-state index in [0.29, 0.717) is 13.0 Å². The molecule has 8 nitrogen and oxygen atoms in total. The number of halogens is 1. The second kappa shape index (κ2) is 12.0. The minimum atomic E-state index is -0.887. The number of carbonyl (C=O) groups excluding carboxylic acids is 1. The number of hydrogen-bond donors (Lipinski definition) is 2. The summed E-state index contributed by atoms with van der Waals surface area (Å²) in [6.45, 7) is 5.72. The Bertz CT molecular complexity index is 1160. The number of aliphatic hydroxyl groups is 1. The van der Waals surface area contributed by atoms with E-state index in [1.807, 2.05) is 44.2 Å². The van der Waals surface area contributed by atoms with Gasteiger partial charge in [0.25, 0.3) is 11.5 Å². The van der Waals surface area contributed by atoms with Crippen LogP contribution in [0, 0.1) is 0 Å². The van der Waals surface area contributed by atoms with Crippen LogP contribution in [0.3, 0.4) is 0 Å². The summed E-state index contributed by atoms with van der Waals surface area (Å²) in [6, 6.07) is 14.2. The summed E-state index contributed by atoms with van der Waals surface area (Å²) < 4.78 is 1.87. The van der Waals surface area contributed by atoms with Gasteiger partial charge in [0.05, 0.1) is 28.9 Å². The predicted octanol–water partition coefficient (Wildman–Crippen LogP) is 2.43. The number of amides is 1. The third kappa shape index (κ3) is 6.38. The van der Waals surface area contributed by atoms with E-state index in [1.54, 1.807) is 0 Å². The maximum absolute atomic E-state index is 12.6. The molecule has 0 spiro atoms. The highest BCUT2D eigenvalue weighted by molar-refractivity contribution is 6.33. The second-order valence-electron chi connectivity index (χ2n) is 6.79. The van der Waals surface area contributed by atoms with Gasteiger partial charge in [0.1, 0.15) is 6.20 Å². The van der Waals surface area contributed by atoms with Crippen molar-refractivity contribution in [3.63, 3.8) is 0 Å². The van der Waals surface area contributed by atoms with Gasteiger partial charge in [-0.3, -0.25) is 14.2 Å². The molecule has 0 saturated carbocycles. The Labute approximate surface area is 191 Å². The molecule has 0 aliphatic carbocycles. The summed E-state index contributed by atoms with van der Waals surface area (Å²) >= 11 is 6.18. The normalized spacial score (nSPS) is 11.3. The largest absolute Gasteiger partial charge is 0.392 e. The summed E-state index contributed by atoms with van der Waals surface area (Å²) in [5, 5.41) is 16.4. The Morgan fingerprint density at radius 1 is 1.16 bits per heavy atom. The lowest BCUT2D eigenvalue weighted by Gasteiger charge is -2.12. The molecule has 0 radical (unpaired) electrons. The van der Waals surface area contributed by atoms with Crippen LogP contribution in [0.1, 0.15) is 36.7 Å². The Balaban J connectivity index is 0.00000176. The van der Waals surface area contributed by atoms with Gasteiger partial charge in [0.2, 0.25) is 0 Å². The van der Waals surface area contributed by atoms with E-state index >= 15 is 0 Å². The molecule has 2 aromatic carbocycles. The Morgan fingerprint density at radius 3 is 2.50 bits per heavy atom. The van der Waals surface area contributed by atoms with E-state index in [1.165, 1.54) is 25.1 Å². The first-order chi connectivity index (χ1) is 15.4. The van der Waals surface area contributed by atoms with Crippen LogP contribution in [-0.2, 0) is 13.0 Å². The fourth-order valence-electron chi connectivity index (χ4n) is 2.92. The van der Waals surface area contributed by atoms with Gasteiger partial charge in [-0.15, -0.1) is 0 Å². The SMILES string of the molecule is CC.CC(O)Cn1c(=O)cnn(-c2ccc(Cl)c(C(=O)NCCc3ccccc3)c2)c1=O. The fraction of sp³-hybridized carbons (Fsp3) is 0.304. The zero-order valence-corrected chi connectivity index (χ0v) is 19.0. The number of aromatic nitrogens is 3. The van der Waals surface area contributed by atoms with Crippen molar-refractivity contribution >= 4 is 17.5 Å². The number of aliphatic hydroxyl groups excluding tert-OH is 1. The van der Waals surface area contributed by atoms with Gasteiger partial charge in [0.15, 0.2) is 0 Å². The van der Waals surface area contributed by atoms with Crippen LogP contribution in [0.2, 0.25) is 5.02 Å². The molecule has 0 saturated heterocycles. The van der Waals surface area contributed by atoms with Gasteiger partial charge in [-0.25, -0.2) is 4.79 Å². The Kier molecular flexibility index (Phi) is 9.37. The highest BCUT2D eigenvalue weighted by Gasteiger charge is 2.15. The quantitative estimate of drug-likeness (QED) is 0.565. The van der Waals surface area contributed by atoms with Crippen LogP contribution in [0.4, 0.5) is 0 Å². The Morgan fingerprint density at radius 2 is 1.84 bits per heavy atom. The number of carbonyl (C=O) groups is 1. The molecule has 1 atom stereocenters. The number of hydrogen-bond acceptors (Lipinski definition) is 5. The molecule has 3 rings (SSSR count). The summed E-state index contributed by atoms with van der Waals surface area (Å²) in [5.74, 6) is -0.386. The minimum Gasteiger partial charge on any atom is -0.392 e. The van der Waals surface area contributed by atoms with Gasteiger partial charge >= 0.3 is 5.69 Å². The van der Waals surface area contributed by atoms with Gasteiger partial charge in [0, 0.05) is 6.54 Å². The van der Waals surface area contributed by atoms with Crippen LogP contribution in [0.25, 0.3) is 5.69 Å². The van der Waals surface area contributed by atoms with Gasteiger partial charge in [-0.2, -0.15) is 9.78 Å². The van der Waals surface area contributed by atoms with Crippen molar-refractivity contribution in [2.75, 3.05) is 6.54 Å². The lowest BCUT2D eigenvalue weighted by molar-refractivity contribution is 0.0954. The van der Waals surface area contributed by atoms with Crippen molar-refractivity contribution in [1.82, 2.24) is 19.7 Å². The molecule has 0 aliphatic rings. The number of nitrogens with zero attached hydrogens (tertiary/aromatic N) is 3. The summed E-state index contributed by atoms with van der Waals surface area (Å²) in [6.07, 6.45) is 0.759. The van der Waals surface area contributed by atoms with E-state index in [9.17, 15) is 19.5 Å². The molecule has 32 heavy (non-hydrogen) atoms. The molecule has 0 bridgehead atoms. The van der Waals surface area contributed by atoms with Crippen LogP contribution in [0.5, 0.6) is 0 Å². The second-order valence-corrected chi connectivity index (χ2v) is 7.20. The smallest absolute Gasteiger partial charge is 0.352 e. The third-order valence-corrected chi connectivity index (χ3v) is 4.72. The first kappa shape index (κ1) is 25.0. The minimum absolute atomic E-state index is 0.166. The molecule has 1 unspecified atom stereocenters. The molecule has 2 N–H and O–H groups in total. The van der Waals surface area contributed by atoms with E-state index in [0.717, 1.165) is 21.0 Å². The molecule has 9 heteroatoms. The van der Waals surface area contributed by atoms with E-state index in [4.69, 9.17) is 11.6 Å².